The molecule has 3 N–H and O–H groups in total. The van der Waals surface area contributed by atoms with Gasteiger partial charge in [-0.15, -0.1) is 0 Å². The number of hydrogen-bond donors (Lipinski definition) is 2. The zero-order valence-corrected chi connectivity index (χ0v) is 8.22. The molecule has 1 aromatic rings. The van der Waals surface area contributed by atoms with Crippen molar-refractivity contribution < 1.29 is 4.74 Å². The molecule has 0 aliphatic carbocycles. The summed E-state index contributed by atoms with van der Waals surface area (Å²) in [6, 6.07) is 2.38. The fourth-order valence-electron chi connectivity index (χ4n) is 1.77. The Morgan fingerprint density at radius 2 is 2.62 bits per heavy atom. The molecule has 1 aliphatic rings. The largest absolute Gasteiger partial charge is 0.381 e. The first-order chi connectivity index (χ1) is 6.42. The highest BCUT2D eigenvalue weighted by Gasteiger charge is 2.26. The Balaban J connectivity index is 2.08. The van der Waals surface area contributed by atoms with Gasteiger partial charge in [0.1, 0.15) is 0 Å². The van der Waals surface area contributed by atoms with Crippen molar-refractivity contribution in [1.82, 2.24) is 5.43 Å². The topological polar surface area (TPSA) is 47.3 Å². The summed E-state index contributed by atoms with van der Waals surface area (Å²) in [5.41, 5.74) is 4.15. The SMILES string of the molecule is NNC(c1ccsc1)C1CCOC1. The highest BCUT2D eigenvalue weighted by atomic mass is 32.1. The molecule has 0 aromatic carbocycles. The second-order valence-electron chi connectivity index (χ2n) is 3.32. The molecular formula is C9H14N2OS. The van der Waals surface area contributed by atoms with Gasteiger partial charge < -0.3 is 4.74 Å². The molecule has 0 spiro atoms. The van der Waals surface area contributed by atoms with Crippen LogP contribution in [0.3, 0.4) is 0 Å². The Bertz CT molecular complexity index is 244. The van der Waals surface area contributed by atoms with Gasteiger partial charge in [0.05, 0.1) is 12.6 Å². The number of hydrazine groups is 1. The van der Waals surface area contributed by atoms with E-state index in [0.29, 0.717) is 5.92 Å². The third-order valence-corrected chi connectivity index (χ3v) is 3.22. The lowest BCUT2D eigenvalue weighted by atomic mass is 9.95. The van der Waals surface area contributed by atoms with Crippen LogP contribution in [0.1, 0.15) is 18.0 Å². The van der Waals surface area contributed by atoms with Crippen LogP contribution in [0.5, 0.6) is 0 Å². The van der Waals surface area contributed by atoms with Crippen LogP contribution in [0, 0.1) is 5.92 Å². The first-order valence-corrected chi connectivity index (χ1v) is 5.42. The zero-order valence-electron chi connectivity index (χ0n) is 7.40. The average molecular weight is 198 g/mol. The summed E-state index contributed by atoms with van der Waals surface area (Å²) in [7, 11) is 0. The van der Waals surface area contributed by atoms with Gasteiger partial charge in [-0.25, -0.2) is 0 Å². The molecule has 1 aromatic heterocycles. The Morgan fingerprint density at radius 1 is 1.69 bits per heavy atom. The summed E-state index contributed by atoms with van der Waals surface area (Å²) in [6.07, 6.45) is 1.10. The summed E-state index contributed by atoms with van der Waals surface area (Å²) in [5, 5.41) is 4.22. The standard InChI is InChI=1S/C9H14N2OS/c10-11-9(7-1-3-12-5-7)8-2-4-13-6-8/h2,4,6-7,9,11H,1,3,5,10H2. The summed E-state index contributed by atoms with van der Waals surface area (Å²) >= 11 is 1.71. The second kappa shape index (κ2) is 4.19. The van der Waals surface area contributed by atoms with Crippen LogP contribution in [-0.4, -0.2) is 13.2 Å². The van der Waals surface area contributed by atoms with Gasteiger partial charge >= 0.3 is 0 Å². The van der Waals surface area contributed by atoms with Crippen molar-refractivity contribution in [2.45, 2.75) is 12.5 Å². The van der Waals surface area contributed by atoms with Crippen LogP contribution in [0.15, 0.2) is 16.8 Å². The highest BCUT2D eigenvalue weighted by Crippen LogP contribution is 2.29. The molecule has 2 heterocycles. The maximum atomic E-state index is 5.54. The Morgan fingerprint density at radius 3 is 3.15 bits per heavy atom. The molecule has 1 aliphatic heterocycles. The molecule has 0 bridgehead atoms. The Kier molecular flexibility index (Phi) is 2.95. The predicted molar refractivity (Wildman–Crippen MR) is 53.3 cm³/mol. The fraction of sp³-hybridized carbons (Fsp3) is 0.556. The molecule has 4 heteroatoms. The first kappa shape index (κ1) is 9.15. The van der Waals surface area contributed by atoms with Crippen LogP contribution >= 0.6 is 11.3 Å². The lowest BCUT2D eigenvalue weighted by Gasteiger charge is -2.20. The molecule has 3 nitrogen and oxygen atoms in total. The van der Waals surface area contributed by atoms with E-state index >= 15 is 0 Å². The molecule has 2 unspecified atom stereocenters. The van der Waals surface area contributed by atoms with Gasteiger partial charge in [0, 0.05) is 12.5 Å². The summed E-state index contributed by atoms with van der Waals surface area (Å²) in [6.45, 7) is 1.69. The quantitative estimate of drug-likeness (QED) is 0.568. The predicted octanol–water partition coefficient (Wildman–Crippen LogP) is 1.29. The number of ether oxygens (including phenoxy) is 1. The Hall–Kier alpha value is -0.420. The van der Waals surface area contributed by atoms with Crippen molar-refractivity contribution in [3.8, 4) is 0 Å². The first-order valence-electron chi connectivity index (χ1n) is 4.48. The fourth-order valence-corrected chi connectivity index (χ4v) is 2.47. The number of nitrogens with two attached hydrogens (primary N) is 1. The van der Waals surface area contributed by atoms with E-state index in [1.165, 1.54) is 5.56 Å². The maximum absolute atomic E-state index is 5.54. The average Bonchev–Trinajstić information content (AvgIpc) is 2.76. The smallest absolute Gasteiger partial charge is 0.0519 e. The molecule has 72 valence electrons. The third kappa shape index (κ3) is 1.91. The van der Waals surface area contributed by atoms with Crippen molar-refractivity contribution >= 4 is 11.3 Å². The van der Waals surface area contributed by atoms with Crippen LogP contribution in [0.25, 0.3) is 0 Å². The van der Waals surface area contributed by atoms with Gasteiger partial charge in [-0.2, -0.15) is 11.3 Å². The zero-order chi connectivity index (χ0) is 9.10. The molecule has 2 atom stereocenters. The molecule has 1 fully saturated rings. The molecule has 0 radical (unpaired) electrons. The molecule has 13 heavy (non-hydrogen) atoms. The van der Waals surface area contributed by atoms with Crippen molar-refractivity contribution in [2.75, 3.05) is 13.2 Å². The van der Waals surface area contributed by atoms with E-state index in [1.54, 1.807) is 11.3 Å². The summed E-state index contributed by atoms with van der Waals surface area (Å²) in [4.78, 5) is 0. The lowest BCUT2D eigenvalue weighted by Crippen LogP contribution is -2.33. The van der Waals surface area contributed by atoms with E-state index in [0.717, 1.165) is 19.6 Å². The third-order valence-electron chi connectivity index (χ3n) is 2.52. The Labute approximate surface area is 81.9 Å². The molecule has 0 amide bonds. The molecule has 1 saturated heterocycles. The van der Waals surface area contributed by atoms with Crippen LogP contribution in [-0.2, 0) is 4.74 Å². The second-order valence-corrected chi connectivity index (χ2v) is 4.10. The normalized spacial score (nSPS) is 24.8. The minimum atomic E-state index is 0.258. The minimum Gasteiger partial charge on any atom is -0.381 e. The number of nitrogens with one attached hydrogen (secondary N) is 1. The molecule has 2 rings (SSSR count). The van der Waals surface area contributed by atoms with Gasteiger partial charge in [0.2, 0.25) is 0 Å². The van der Waals surface area contributed by atoms with Crippen molar-refractivity contribution in [3.63, 3.8) is 0 Å². The van der Waals surface area contributed by atoms with Crippen molar-refractivity contribution in [3.05, 3.63) is 22.4 Å². The number of rotatable bonds is 3. The van der Waals surface area contributed by atoms with Gasteiger partial charge in [-0.05, 0) is 28.8 Å². The van der Waals surface area contributed by atoms with Crippen molar-refractivity contribution in [1.29, 1.82) is 0 Å². The lowest BCUT2D eigenvalue weighted by molar-refractivity contribution is 0.177. The van der Waals surface area contributed by atoms with E-state index in [-0.39, 0.29) is 6.04 Å². The van der Waals surface area contributed by atoms with E-state index in [4.69, 9.17) is 10.6 Å². The monoisotopic (exact) mass is 198 g/mol. The van der Waals surface area contributed by atoms with Crippen LogP contribution < -0.4 is 11.3 Å². The molecule has 0 saturated carbocycles. The molecular weight excluding hydrogens is 184 g/mol. The van der Waals surface area contributed by atoms with Crippen LogP contribution in [0.2, 0.25) is 0 Å². The minimum absolute atomic E-state index is 0.258. The van der Waals surface area contributed by atoms with E-state index < -0.39 is 0 Å². The van der Waals surface area contributed by atoms with E-state index in [2.05, 4.69) is 22.3 Å². The number of thiophene rings is 1. The highest BCUT2D eigenvalue weighted by molar-refractivity contribution is 7.07. The summed E-state index contributed by atoms with van der Waals surface area (Å²) in [5.74, 6) is 6.07. The van der Waals surface area contributed by atoms with Gasteiger partial charge in [0.25, 0.3) is 0 Å². The van der Waals surface area contributed by atoms with E-state index in [9.17, 15) is 0 Å². The van der Waals surface area contributed by atoms with Gasteiger partial charge in [-0.1, -0.05) is 0 Å². The maximum Gasteiger partial charge on any atom is 0.0519 e. The van der Waals surface area contributed by atoms with Crippen LogP contribution in [0.4, 0.5) is 0 Å². The van der Waals surface area contributed by atoms with Crippen molar-refractivity contribution in [2.24, 2.45) is 11.8 Å². The number of hydrogen-bond acceptors (Lipinski definition) is 4. The van der Waals surface area contributed by atoms with Gasteiger partial charge in [0.15, 0.2) is 0 Å². The van der Waals surface area contributed by atoms with Gasteiger partial charge in [-0.3, -0.25) is 11.3 Å². The summed E-state index contributed by atoms with van der Waals surface area (Å²) < 4.78 is 5.35. The van der Waals surface area contributed by atoms with E-state index in [1.807, 2.05) is 0 Å².